The molecule has 108 valence electrons. The predicted octanol–water partition coefficient (Wildman–Crippen LogP) is 3.96. The largest absolute Gasteiger partial charge is 0.459 e. The predicted molar refractivity (Wildman–Crippen MR) is 81.9 cm³/mol. The number of furan rings is 1. The molecule has 22 heavy (non-hydrogen) atoms. The Morgan fingerprint density at radius 2 is 1.86 bits per heavy atom. The summed E-state index contributed by atoms with van der Waals surface area (Å²) in [5.74, 6) is 0.932. The zero-order valence-electron chi connectivity index (χ0n) is 11.7. The Morgan fingerprint density at radius 1 is 0.955 bits per heavy atom. The highest BCUT2D eigenvalue weighted by molar-refractivity contribution is 5.49. The second-order valence-electron chi connectivity index (χ2n) is 4.86. The number of anilines is 1. The van der Waals surface area contributed by atoms with Gasteiger partial charge in [0.15, 0.2) is 5.76 Å². The molecule has 0 spiro atoms. The van der Waals surface area contributed by atoms with Crippen molar-refractivity contribution in [2.75, 3.05) is 4.90 Å². The van der Waals surface area contributed by atoms with Crippen molar-refractivity contribution in [3.63, 3.8) is 0 Å². The molecule has 0 saturated carbocycles. The fraction of sp³-hybridized carbons (Fsp3) is 0.0588. The summed E-state index contributed by atoms with van der Waals surface area (Å²) in [6.45, 7) is 0. The van der Waals surface area contributed by atoms with Crippen LogP contribution >= 0.6 is 0 Å². The van der Waals surface area contributed by atoms with Crippen molar-refractivity contribution in [1.82, 2.24) is 10.2 Å². The lowest BCUT2D eigenvalue weighted by atomic mass is 10.0. The summed E-state index contributed by atoms with van der Waals surface area (Å²) in [6, 6.07) is 14.2. The molecule has 0 N–H and O–H groups in total. The molecular weight excluding hydrogens is 278 g/mol. The van der Waals surface area contributed by atoms with Gasteiger partial charge >= 0.3 is 6.01 Å². The van der Waals surface area contributed by atoms with E-state index in [1.54, 1.807) is 18.4 Å². The number of hydrogen-bond donors (Lipinski definition) is 0. The average Bonchev–Trinajstić information content (AvgIpc) is 3.27. The highest BCUT2D eigenvalue weighted by Crippen LogP contribution is 2.31. The van der Waals surface area contributed by atoms with Crippen molar-refractivity contribution in [1.29, 1.82) is 0 Å². The number of benzene rings is 1. The summed E-state index contributed by atoms with van der Waals surface area (Å²) in [5.41, 5.74) is 1.15. The van der Waals surface area contributed by atoms with E-state index in [4.69, 9.17) is 8.83 Å². The lowest BCUT2D eigenvalue weighted by molar-refractivity contribution is 0.510. The first-order chi connectivity index (χ1) is 10.9. The third kappa shape index (κ3) is 2.22. The summed E-state index contributed by atoms with van der Waals surface area (Å²) >= 11 is 0. The molecule has 0 bridgehead atoms. The van der Waals surface area contributed by atoms with E-state index in [0.29, 0.717) is 17.7 Å². The van der Waals surface area contributed by atoms with Crippen LogP contribution in [-0.2, 0) is 0 Å². The quantitative estimate of drug-likeness (QED) is 0.731. The van der Waals surface area contributed by atoms with E-state index in [-0.39, 0.29) is 6.04 Å². The molecule has 0 fully saturated rings. The number of aromatic nitrogens is 2. The molecule has 0 amide bonds. The van der Waals surface area contributed by atoms with Gasteiger partial charge in [-0.1, -0.05) is 47.6 Å². The summed E-state index contributed by atoms with van der Waals surface area (Å²) in [4.78, 5) is 1.94. The normalized spacial score (nSPS) is 17.1. The Hall–Kier alpha value is -3.08. The third-order valence-electron chi connectivity index (χ3n) is 3.46. The van der Waals surface area contributed by atoms with Crippen LogP contribution < -0.4 is 4.90 Å². The number of allylic oxidation sites excluding steroid dienone is 2. The first kappa shape index (κ1) is 12.6. The van der Waals surface area contributed by atoms with Gasteiger partial charge in [-0.05, 0) is 23.8 Å². The molecule has 1 atom stereocenters. The van der Waals surface area contributed by atoms with Gasteiger partial charge in [0.25, 0.3) is 5.89 Å². The van der Waals surface area contributed by atoms with Gasteiger partial charge in [-0.15, -0.1) is 5.10 Å². The van der Waals surface area contributed by atoms with E-state index in [1.807, 2.05) is 41.5 Å². The summed E-state index contributed by atoms with van der Waals surface area (Å²) in [5, 5.41) is 8.19. The van der Waals surface area contributed by atoms with Crippen LogP contribution in [0.2, 0.25) is 0 Å². The van der Waals surface area contributed by atoms with Gasteiger partial charge in [0.05, 0.1) is 12.3 Å². The van der Waals surface area contributed by atoms with Gasteiger partial charge in [0.1, 0.15) is 0 Å². The van der Waals surface area contributed by atoms with Crippen LogP contribution in [0, 0.1) is 0 Å². The zero-order valence-corrected chi connectivity index (χ0v) is 11.7. The lowest BCUT2D eigenvalue weighted by Crippen LogP contribution is -2.23. The Labute approximate surface area is 127 Å². The number of rotatable bonds is 3. The molecule has 3 heterocycles. The molecule has 0 radical (unpaired) electrons. The molecule has 1 aromatic carbocycles. The molecule has 4 rings (SSSR count). The fourth-order valence-corrected chi connectivity index (χ4v) is 2.42. The van der Waals surface area contributed by atoms with E-state index in [1.165, 1.54) is 0 Å². The molecular formula is C17H13N3O2. The Kier molecular flexibility index (Phi) is 3.08. The topological polar surface area (TPSA) is 55.3 Å². The van der Waals surface area contributed by atoms with Crippen molar-refractivity contribution in [3.05, 3.63) is 78.7 Å². The van der Waals surface area contributed by atoms with Crippen molar-refractivity contribution >= 4 is 6.01 Å². The molecule has 0 aliphatic carbocycles. The number of hydrogen-bond acceptors (Lipinski definition) is 5. The molecule has 2 aromatic heterocycles. The maximum Gasteiger partial charge on any atom is 0.323 e. The molecule has 3 aromatic rings. The van der Waals surface area contributed by atoms with Crippen LogP contribution in [0.25, 0.3) is 11.7 Å². The standard InChI is InChI=1S/C17H13N3O2/c1-2-7-13(8-3-1)14-9-4-5-11-20(14)17-19-18-16(22-17)15-10-6-12-21-15/h1-12,14H. The van der Waals surface area contributed by atoms with Crippen LogP contribution in [-0.4, -0.2) is 10.2 Å². The van der Waals surface area contributed by atoms with E-state index >= 15 is 0 Å². The van der Waals surface area contributed by atoms with Crippen molar-refractivity contribution in [2.24, 2.45) is 0 Å². The van der Waals surface area contributed by atoms with Gasteiger partial charge in [-0.3, -0.25) is 4.90 Å². The van der Waals surface area contributed by atoms with Gasteiger partial charge in [0, 0.05) is 6.20 Å². The summed E-state index contributed by atoms with van der Waals surface area (Å²) in [6.07, 6.45) is 9.55. The van der Waals surface area contributed by atoms with Gasteiger partial charge in [-0.2, -0.15) is 0 Å². The van der Waals surface area contributed by atoms with Crippen LogP contribution in [0.1, 0.15) is 11.6 Å². The van der Waals surface area contributed by atoms with Crippen LogP contribution in [0.5, 0.6) is 0 Å². The Bertz CT molecular complexity index is 804. The third-order valence-corrected chi connectivity index (χ3v) is 3.46. The minimum atomic E-state index is 0.0242. The van der Waals surface area contributed by atoms with E-state index < -0.39 is 0 Å². The smallest absolute Gasteiger partial charge is 0.323 e. The van der Waals surface area contributed by atoms with E-state index in [9.17, 15) is 0 Å². The average molecular weight is 291 g/mol. The lowest BCUT2D eigenvalue weighted by Gasteiger charge is -2.26. The first-order valence-electron chi connectivity index (χ1n) is 6.97. The summed E-state index contributed by atoms with van der Waals surface area (Å²) in [7, 11) is 0. The molecule has 1 aliphatic heterocycles. The SMILES string of the molecule is C1=CC(c2ccccc2)N(c2nnc(-c3ccco3)o2)C=C1. The molecule has 0 saturated heterocycles. The monoisotopic (exact) mass is 291 g/mol. The first-order valence-corrected chi connectivity index (χ1v) is 6.97. The number of nitrogens with zero attached hydrogens (tertiary/aromatic N) is 3. The Morgan fingerprint density at radius 3 is 2.68 bits per heavy atom. The van der Waals surface area contributed by atoms with Crippen molar-refractivity contribution in [2.45, 2.75) is 6.04 Å². The minimum Gasteiger partial charge on any atom is -0.459 e. The van der Waals surface area contributed by atoms with Gasteiger partial charge < -0.3 is 8.83 Å². The van der Waals surface area contributed by atoms with Crippen LogP contribution in [0.15, 0.2) is 82.0 Å². The second-order valence-corrected chi connectivity index (χ2v) is 4.86. The van der Waals surface area contributed by atoms with Crippen molar-refractivity contribution in [3.8, 4) is 11.7 Å². The van der Waals surface area contributed by atoms with Gasteiger partial charge in [0.2, 0.25) is 0 Å². The highest BCUT2D eigenvalue weighted by Gasteiger charge is 2.23. The summed E-state index contributed by atoms with van der Waals surface area (Å²) < 4.78 is 11.0. The van der Waals surface area contributed by atoms with E-state index in [0.717, 1.165) is 5.56 Å². The van der Waals surface area contributed by atoms with Crippen molar-refractivity contribution < 1.29 is 8.83 Å². The molecule has 1 unspecified atom stereocenters. The second kappa shape index (κ2) is 5.37. The van der Waals surface area contributed by atoms with Crippen LogP contribution in [0.4, 0.5) is 6.01 Å². The van der Waals surface area contributed by atoms with Crippen LogP contribution in [0.3, 0.4) is 0 Å². The maximum absolute atomic E-state index is 5.74. The van der Waals surface area contributed by atoms with E-state index in [2.05, 4.69) is 28.4 Å². The molecule has 5 heteroatoms. The minimum absolute atomic E-state index is 0.0242. The fourth-order valence-electron chi connectivity index (χ4n) is 2.42. The Balaban J connectivity index is 1.68. The van der Waals surface area contributed by atoms with Gasteiger partial charge in [-0.25, -0.2) is 0 Å². The molecule has 1 aliphatic rings. The zero-order chi connectivity index (χ0) is 14.8. The highest BCUT2D eigenvalue weighted by atomic mass is 16.4. The molecule has 5 nitrogen and oxygen atoms in total. The maximum atomic E-state index is 5.74.